The Labute approximate surface area is 190 Å². The van der Waals surface area contributed by atoms with Crippen LogP contribution < -0.4 is 14.8 Å². The third kappa shape index (κ3) is 5.61. The van der Waals surface area contributed by atoms with Gasteiger partial charge in [0.1, 0.15) is 5.82 Å². The van der Waals surface area contributed by atoms with E-state index in [0.717, 1.165) is 0 Å². The molecule has 1 aliphatic carbocycles. The molecule has 0 spiro atoms. The number of sulfonamides is 1. The summed E-state index contributed by atoms with van der Waals surface area (Å²) in [6, 6.07) is 7.21. The van der Waals surface area contributed by atoms with Crippen molar-refractivity contribution in [3.63, 3.8) is 0 Å². The highest BCUT2D eigenvalue weighted by Gasteiger charge is 2.35. The van der Waals surface area contributed by atoms with Crippen molar-refractivity contribution in [1.82, 2.24) is 20.3 Å². The largest absolute Gasteiger partial charge is 0.477 e. The van der Waals surface area contributed by atoms with Crippen molar-refractivity contribution >= 4 is 21.6 Å². The van der Waals surface area contributed by atoms with Crippen LogP contribution in [0.5, 0.6) is 5.88 Å². The number of halogens is 1. The van der Waals surface area contributed by atoms with Crippen LogP contribution >= 0.6 is 0 Å². The highest BCUT2D eigenvalue weighted by Crippen LogP contribution is 2.29. The fourth-order valence-electron chi connectivity index (χ4n) is 3.09. The van der Waals surface area contributed by atoms with Crippen LogP contribution in [0, 0.1) is 5.82 Å². The first-order chi connectivity index (χ1) is 15.9. The van der Waals surface area contributed by atoms with Gasteiger partial charge in [-0.25, -0.2) is 17.8 Å². The first kappa shape index (κ1) is 22.6. The van der Waals surface area contributed by atoms with Gasteiger partial charge in [-0.2, -0.15) is 0 Å². The number of carbonyl (C=O) groups excluding carboxylic acids is 1. The van der Waals surface area contributed by atoms with Gasteiger partial charge in [-0.05, 0) is 44.0 Å². The van der Waals surface area contributed by atoms with E-state index in [2.05, 4.69) is 25.0 Å². The number of benzene rings is 1. The van der Waals surface area contributed by atoms with E-state index < -0.39 is 21.7 Å². The van der Waals surface area contributed by atoms with Gasteiger partial charge in [-0.15, -0.1) is 0 Å². The van der Waals surface area contributed by atoms with E-state index >= 15 is 0 Å². The molecule has 0 radical (unpaired) electrons. The molecule has 9 nitrogen and oxygen atoms in total. The number of rotatable bonds is 9. The fraction of sp³-hybridized carbons (Fsp3) is 0.273. The summed E-state index contributed by atoms with van der Waals surface area (Å²) in [6.07, 6.45) is 5.69. The lowest BCUT2D eigenvalue weighted by atomic mass is 10.1. The van der Waals surface area contributed by atoms with Gasteiger partial charge in [0.25, 0.3) is 5.91 Å². The molecular weight excluding hydrogens is 449 g/mol. The van der Waals surface area contributed by atoms with E-state index in [0.29, 0.717) is 48.0 Å². The molecule has 0 bridgehead atoms. The molecule has 1 saturated carbocycles. The molecule has 1 amide bonds. The Morgan fingerprint density at radius 3 is 2.76 bits per heavy atom. The third-order valence-electron chi connectivity index (χ3n) is 4.88. The Hall–Kier alpha value is -3.60. The van der Waals surface area contributed by atoms with E-state index in [1.807, 2.05) is 6.92 Å². The van der Waals surface area contributed by atoms with E-state index in [1.54, 1.807) is 6.07 Å². The van der Waals surface area contributed by atoms with Crippen molar-refractivity contribution in [2.45, 2.75) is 31.6 Å². The lowest BCUT2D eigenvalue weighted by Gasteiger charge is -2.10. The number of hydrogen-bond donors (Lipinski definition) is 2. The predicted molar refractivity (Wildman–Crippen MR) is 120 cm³/mol. The quantitative estimate of drug-likeness (QED) is 0.492. The van der Waals surface area contributed by atoms with E-state index in [9.17, 15) is 17.6 Å². The molecule has 11 heteroatoms. The zero-order valence-electron chi connectivity index (χ0n) is 17.8. The van der Waals surface area contributed by atoms with Crippen LogP contribution in [0.3, 0.4) is 0 Å². The predicted octanol–water partition coefficient (Wildman–Crippen LogP) is 2.91. The highest BCUT2D eigenvalue weighted by molar-refractivity contribution is 7.93. The van der Waals surface area contributed by atoms with Gasteiger partial charge in [0.05, 0.1) is 53.4 Å². The number of nitrogens with zero attached hydrogens (tertiary/aromatic N) is 3. The van der Waals surface area contributed by atoms with Gasteiger partial charge in [0, 0.05) is 11.8 Å². The number of hydrogen-bond acceptors (Lipinski definition) is 7. The lowest BCUT2D eigenvalue weighted by molar-refractivity contribution is 0.0946. The molecule has 1 aromatic carbocycles. The van der Waals surface area contributed by atoms with E-state index in [1.165, 1.54) is 42.9 Å². The number of pyridine rings is 1. The molecule has 0 saturated heterocycles. The van der Waals surface area contributed by atoms with E-state index in [4.69, 9.17) is 4.74 Å². The van der Waals surface area contributed by atoms with Gasteiger partial charge in [-0.1, -0.05) is 6.07 Å². The zero-order valence-corrected chi connectivity index (χ0v) is 18.6. The SMILES string of the molecule is CCOc1cncc(-c2ccc(C(=O)NCc3cc(NS(=O)(=O)C4CC4)ccn3)c(F)c2)n1. The third-order valence-corrected chi connectivity index (χ3v) is 6.75. The minimum Gasteiger partial charge on any atom is -0.477 e. The topological polar surface area (TPSA) is 123 Å². The van der Waals surface area contributed by atoms with Gasteiger partial charge >= 0.3 is 0 Å². The first-order valence-electron chi connectivity index (χ1n) is 10.3. The maximum absolute atomic E-state index is 14.7. The van der Waals surface area contributed by atoms with E-state index in [-0.39, 0.29) is 17.4 Å². The summed E-state index contributed by atoms with van der Waals surface area (Å²) in [6.45, 7) is 2.25. The Balaban J connectivity index is 1.42. The van der Waals surface area contributed by atoms with Gasteiger partial charge < -0.3 is 10.1 Å². The summed E-state index contributed by atoms with van der Waals surface area (Å²) < 4.78 is 46.7. The number of aromatic nitrogens is 3. The van der Waals surface area contributed by atoms with Crippen LogP contribution in [0.15, 0.2) is 48.9 Å². The molecule has 1 aliphatic rings. The maximum atomic E-state index is 14.7. The molecule has 33 heavy (non-hydrogen) atoms. The van der Waals surface area contributed by atoms with Crippen LogP contribution in [0.25, 0.3) is 11.3 Å². The Morgan fingerprint density at radius 2 is 2.03 bits per heavy atom. The van der Waals surface area contributed by atoms with Gasteiger partial charge in [-0.3, -0.25) is 19.5 Å². The van der Waals surface area contributed by atoms with Crippen molar-refractivity contribution in [2.75, 3.05) is 11.3 Å². The maximum Gasteiger partial charge on any atom is 0.254 e. The monoisotopic (exact) mass is 471 g/mol. The molecule has 2 aromatic heterocycles. The molecule has 172 valence electrons. The second-order valence-electron chi connectivity index (χ2n) is 7.44. The molecule has 1 fully saturated rings. The zero-order chi connectivity index (χ0) is 23.4. The number of ether oxygens (including phenoxy) is 1. The Bertz CT molecular complexity index is 1280. The van der Waals surface area contributed by atoms with Crippen LogP contribution in [0.2, 0.25) is 0 Å². The van der Waals surface area contributed by atoms with Crippen molar-refractivity contribution in [2.24, 2.45) is 0 Å². The summed E-state index contributed by atoms with van der Waals surface area (Å²) in [5, 5.41) is 2.25. The molecule has 0 atom stereocenters. The smallest absolute Gasteiger partial charge is 0.254 e. The number of amides is 1. The highest BCUT2D eigenvalue weighted by atomic mass is 32.2. The van der Waals surface area contributed by atoms with Crippen LogP contribution in [0.1, 0.15) is 35.8 Å². The number of nitrogens with one attached hydrogen (secondary N) is 2. The molecular formula is C22H22FN5O4S. The summed E-state index contributed by atoms with van der Waals surface area (Å²) in [4.78, 5) is 24.9. The normalized spacial score (nSPS) is 13.4. The van der Waals surface area contributed by atoms with Gasteiger partial charge in [0.15, 0.2) is 0 Å². The second-order valence-corrected chi connectivity index (χ2v) is 9.40. The molecule has 0 aliphatic heterocycles. The molecule has 0 unspecified atom stereocenters. The molecule has 2 heterocycles. The number of anilines is 1. The summed E-state index contributed by atoms with van der Waals surface area (Å²) in [5.74, 6) is -1.02. The number of carbonyl (C=O) groups is 1. The van der Waals surface area contributed by atoms with Gasteiger partial charge in [0.2, 0.25) is 15.9 Å². The summed E-state index contributed by atoms with van der Waals surface area (Å²) in [7, 11) is -3.40. The summed E-state index contributed by atoms with van der Waals surface area (Å²) in [5.41, 5.74) is 1.53. The Morgan fingerprint density at radius 1 is 1.21 bits per heavy atom. The second kappa shape index (κ2) is 9.49. The van der Waals surface area contributed by atoms with Crippen LogP contribution in [-0.4, -0.2) is 41.1 Å². The first-order valence-corrected chi connectivity index (χ1v) is 11.9. The van der Waals surface area contributed by atoms with Crippen LogP contribution in [0.4, 0.5) is 10.1 Å². The van der Waals surface area contributed by atoms with Crippen molar-refractivity contribution < 1.29 is 22.3 Å². The van der Waals surface area contributed by atoms with Crippen molar-refractivity contribution in [1.29, 1.82) is 0 Å². The fourth-order valence-corrected chi connectivity index (χ4v) is 4.47. The average Bonchev–Trinajstić information content (AvgIpc) is 3.64. The Kier molecular flexibility index (Phi) is 6.50. The lowest BCUT2D eigenvalue weighted by Crippen LogP contribution is -2.24. The molecule has 2 N–H and O–H groups in total. The standard InChI is InChI=1S/C22H22FN5O4S/c1-2-32-21-13-24-12-20(27-21)14-3-6-18(19(23)9-14)22(29)26-11-16-10-15(7-8-25-16)28-33(30,31)17-4-5-17/h3,6-10,12-13,17H,2,4-5,11H2,1H3,(H,25,28)(H,26,29). The minimum atomic E-state index is -3.40. The molecule has 3 aromatic rings. The van der Waals surface area contributed by atoms with Crippen molar-refractivity contribution in [3.8, 4) is 17.1 Å². The summed E-state index contributed by atoms with van der Waals surface area (Å²) >= 11 is 0. The molecule has 4 rings (SSSR count). The minimum absolute atomic E-state index is 0.000891. The average molecular weight is 472 g/mol. The van der Waals surface area contributed by atoms with Crippen molar-refractivity contribution in [3.05, 3.63) is 66.0 Å². The van der Waals surface area contributed by atoms with Crippen LogP contribution in [-0.2, 0) is 16.6 Å².